The number of primary amides is 1. The number of carbonyl (C=O) groups excluding carboxylic acids is 1. The summed E-state index contributed by atoms with van der Waals surface area (Å²) >= 11 is 6.21. The van der Waals surface area contributed by atoms with Crippen molar-refractivity contribution in [2.75, 3.05) is 11.9 Å². The first-order valence-electron chi connectivity index (χ1n) is 7.86. The molecule has 128 valence electrons. The maximum Gasteiger partial charge on any atom is 0.222 e. The zero-order valence-corrected chi connectivity index (χ0v) is 14.1. The largest absolute Gasteiger partial charge is 0.369 e. The molecule has 0 aliphatic rings. The van der Waals surface area contributed by atoms with Gasteiger partial charge in [-0.15, -0.1) is 0 Å². The van der Waals surface area contributed by atoms with Crippen molar-refractivity contribution >= 4 is 34.1 Å². The number of hydrogen-bond acceptors (Lipinski definition) is 3. The minimum atomic E-state index is -0.447. The molecule has 1 atom stereocenters. The van der Waals surface area contributed by atoms with Crippen LogP contribution in [0.3, 0.4) is 0 Å². The minimum Gasteiger partial charge on any atom is -0.369 e. The van der Waals surface area contributed by atoms with E-state index in [0.29, 0.717) is 23.9 Å². The van der Waals surface area contributed by atoms with Gasteiger partial charge >= 0.3 is 0 Å². The summed E-state index contributed by atoms with van der Waals surface area (Å²) in [5.41, 5.74) is 6.34. The number of carbonyl (C=O) groups is 1. The Bertz CT molecular complexity index is 899. The van der Waals surface area contributed by atoms with E-state index in [1.807, 2.05) is 30.3 Å². The van der Waals surface area contributed by atoms with Gasteiger partial charge < -0.3 is 11.1 Å². The van der Waals surface area contributed by atoms with E-state index in [1.165, 1.54) is 12.1 Å². The fourth-order valence-electron chi connectivity index (χ4n) is 2.65. The van der Waals surface area contributed by atoms with Crippen LogP contribution in [0.5, 0.6) is 0 Å². The Hall–Kier alpha value is -2.66. The third kappa shape index (κ3) is 4.25. The minimum absolute atomic E-state index is 0.312. The molecular weight excluding hydrogens is 341 g/mol. The molecule has 3 N–H and O–H groups in total. The summed E-state index contributed by atoms with van der Waals surface area (Å²) in [4.78, 5) is 16.0. The molecule has 1 heterocycles. The van der Waals surface area contributed by atoms with Crippen LogP contribution in [0.2, 0.25) is 5.15 Å². The highest BCUT2D eigenvalue weighted by atomic mass is 35.5. The Kier molecular flexibility index (Phi) is 5.14. The van der Waals surface area contributed by atoms with Gasteiger partial charge in [-0.05, 0) is 35.6 Å². The number of halogens is 2. The topological polar surface area (TPSA) is 68.0 Å². The second-order valence-electron chi connectivity index (χ2n) is 5.83. The Morgan fingerprint density at radius 3 is 2.64 bits per heavy atom. The molecule has 0 bridgehead atoms. The van der Waals surface area contributed by atoms with Crippen molar-refractivity contribution in [1.82, 2.24) is 4.98 Å². The summed E-state index contributed by atoms with van der Waals surface area (Å²) in [5.74, 6) is -0.609. The summed E-state index contributed by atoms with van der Waals surface area (Å²) in [5, 5.41) is 5.34. The van der Waals surface area contributed by atoms with E-state index in [1.54, 1.807) is 12.1 Å². The van der Waals surface area contributed by atoms with Gasteiger partial charge in [-0.2, -0.15) is 0 Å². The number of nitrogens with one attached hydrogen (secondary N) is 1. The first-order chi connectivity index (χ1) is 12.0. The number of aromatic nitrogens is 1. The molecule has 0 fully saturated rings. The zero-order chi connectivity index (χ0) is 17.8. The maximum absolute atomic E-state index is 13.0. The van der Waals surface area contributed by atoms with E-state index in [0.717, 1.165) is 16.3 Å². The van der Waals surface area contributed by atoms with Crippen LogP contribution >= 0.6 is 11.6 Å². The van der Waals surface area contributed by atoms with Crippen LogP contribution in [-0.4, -0.2) is 17.4 Å². The maximum atomic E-state index is 13.0. The summed E-state index contributed by atoms with van der Waals surface area (Å²) in [7, 11) is 0. The van der Waals surface area contributed by atoms with Crippen LogP contribution in [0, 0.1) is 11.7 Å². The van der Waals surface area contributed by atoms with Crippen LogP contribution in [-0.2, 0) is 11.2 Å². The lowest BCUT2D eigenvalue weighted by molar-refractivity contribution is -0.121. The molecule has 1 amide bonds. The molecule has 0 saturated carbocycles. The van der Waals surface area contributed by atoms with Crippen LogP contribution < -0.4 is 11.1 Å². The van der Waals surface area contributed by atoms with Gasteiger partial charge in [-0.1, -0.05) is 48.0 Å². The lowest BCUT2D eigenvalue weighted by atomic mass is 9.98. The van der Waals surface area contributed by atoms with Crippen molar-refractivity contribution in [3.63, 3.8) is 0 Å². The Labute approximate surface area is 149 Å². The van der Waals surface area contributed by atoms with Gasteiger partial charge in [0.25, 0.3) is 0 Å². The molecule has 1 aromatic heterocycles. The molecule has 2 aromatic carbocycles. The number of fused-ring (bicyclic) bond motifs is 1. The van der Waals surface area contributed by atoms with Crippen molar-refractivity contribution in [2.45, 2.75) is 6.42 Å². The second-order valence-corrected chi connectivity index (χ2v) is 6.19. The molecule has 25 heavy (non-hydrogen) atoms. The van der Waals surface area contributed by atoms with Gasteiger partial charge in [0.2, 0.25) is 5.91 Å². The molecule has 0 radical (unpaired) electrons. The monoisotopic (exact) mass is 357 g/mol. The smallest absolute Gasteiger partial charge is 0.222 e. The lowest BCUT2D eigenvalue weighted by Gasteiger charge is -2.15. The quantitative estimate of drug-likeness (QED) is 0.659. The van der Waals surface area contributed by atoms with E-state index in [2.05, 4.69) is 10.3 Å². The van der Waals surface area contributed by atoms with Crippen molar-refractivity contribution < 1.29 is 9.18 Å². The van der Waals surface area contributed by atoms with Crippen LogP contribution in [0.25, 0.3) is 10.8 Å². The number of nitrogens with zero attached hydrogens (tertiary/aromatic N) is 1. The summed E-state index contributed by atoms with van der Waals surface area (Å²) in [6.07, 6.45) is 0.421. The summed E-state index contributed by atoms with van der Waals surface area (Å²) in [6.45, 7) is 0.314. The third-order valence-electron chi connectivity index (χ3n) is 4.02. The SMILES string of the molecule is NC(=O)C(CNc1cc2ccccc2c(Cl)n1)Cc1ccc(F)cc1. The molecule has 6 heteroatoms. The van der Waals surface area contributed by atoms with E-state index < -0.39 is 11.8 Å². The Morgan fingerprint density at radius 1 is 1.20 bits per heavy atom. The van der Waals surface area contributed by atoms with E-state index in [9.17, 15) is 9.18 Å². The second kappa shape index (κ2) is 7.49. The number of pyridine rings is 1. The molecule has 0 aliphatic heterocycles. The lowest BCUT2D eigenvalue weighted by Crippen LogP contribution is -2.31. The van der Waals surface area contributed by atoms with Crippen LogP contribution in [0.15, 0.2) is 54.6 Å². The van der Waals surface area contributed by atoms with Gasteiger partial charge in [-0.25, -0.2) is 9.37 Å². The van der Waals surface area contributed by atoms with Crippen LogP contribution in [0.4, 0.5) is 10.2 Å². The summed E-state index contributed by atoms with van der Waals surface area (Å²) < 4.78 is 13.0. The number of amides is 1. The Morgan fingerprint density at radius 2 is 1.92 bits per heavy atom. The number of benzene rings is 2. The van der Waals surface area contributed by atoms with Crippen molar-refractivity contribution in [3.05, 3.63) is 71.1 Å². The highest BCUT2D eigenvalue weighted by molar-refractivity contribution is 6.34. The predicted octanol–water partition coefficient (Wildman–Crippen LogP) is 3.78. The van der Waals surface area contributed by atoms with E-state index >= 15 is 0 Å². The number of hydrogen-bond donors (Lipinski definition) is 2. The van der Waals surface area contributed by atoms with Gasteiger partial charge in [0.1, 0.15) is 16.8 Å². The van der Waals surface area contributed by atoms with Crippen molar-refractivity contribution in [2.24, 2.45) is 11.7 Å². The van der Waals surface area contributed by atoms with E-state index in [-0.39, 0.29) is 5.82 Å². The van der Waals surface area contributed by atoms with Gasteiger partial charge in [0, 0.05) is 11.9 Å². The zero-order valence-electron chi connectivity index (χ0n) is 13.4. The average molecular weight is 358 g/mol. The van der Waals surface area contributed by atoms with Gasteiger partial charge in [0.15, 0.2) is 0 Å². The highest BCUT2D eigenvalue weighted by Gasteiger charge is 2.16. The third-order valence-corrected chi connectivity index (χ3v) is 4.31. The normalized spacial score (nSPS) is 12.1. The number of rotatable bonds is 6. The molecule has 3 rings (SSSR count). The Balaban J connectivity index is 1.73. The molecule has 0 saturated heterocycles. The standard InChI is InChI=1S/C19H17ClFN3O/c20-18-16-4-2-1-3-13(16)10-17(24-18)23-11-14(19(22)25)9-12-5-7-15(21)8-6-12/h1-8,10,14H,9,11H2,(H2,22,25)(H,23,24). The first-order valence-corrected chi connectivity index (χ1v) is 8.23. The predicted molar refractivity (Wildman–Crippen MR) is 98.0 cm³/mol. The number of anilines is 1. The molecule has 0 aliphatic carbocycles. The molecule has 1 unspecified atom stereocenters. The fraction of sp³-hybridized carbons (Fsp3) is 0.158. The van der Waals surface area contributed by atoms with Crippen LogP contribution in [0.1, 0.15) is 5.56 Å². The van der Waals surface area contributed by atoms with Crippen molar-refractivity contribution in [3.8, 4) is 0 Å². The van der Waals surface area contributed by atoms with Gasteiger partial charge in [0.05, 0.1) is 5.92 Å². The van der Waals surface area contributed by atoms with Gasteiger partial charge in [-0.3, -0.25) is 4.79 Å². The number of nitrogens with two attached hydrogens (primary N) is 1. The van der Waals surface area contributed by atoms with Crippen molar-refractivity contribution in [1.29, 1.82) is 0 Å². The first kappa shape index (κ1) is 17.2. The van der Waals surface area contributed by atoms with E-state index in [4.69, 9.17) is 17.3 Å². The molecule has 0 spiro atoms. The highest BCUT2D eigenvalue weighted by Crippen LogP contribution is 2.24. The molecule has 3 aromatic rings. The average Bonchev–Trinajstić information content (AvgIpc) is 2.60. The summed E-state index contributed by atoms with van der Waals surface area (Å²) in [6, 6.07) is 15.6. The molecule has 4 nitrogen and oxygen atoms in total. The fourth-order valence-corrected chi connectivity index (χ4v) is 2.92. The molecular formula is C19H17ClFN3O.